The number of carbonyl (C=O) groups is 1. The summed E-state index contributed by atoms with van der Waals surface area (Å²) in [6, 6.07) is 17.4. The molecule has 4 nitrogen and oxygen atoms in total. The van der Waals surface area contributed by atoms with Crippen molar-refractivity contribution in [1.82, 2.24) is 4.90 Å². The van der Waals surface area contributed by atoms with Crippen LogP contribution in [0, 0.1) is 0 Å². The highest BCUT2D eigenvalue weighted by Gasteiger charge is 2.17. The minimum absolute atomic E-state index is 0.0544. The Morgan fingerprint density at radius 2 is 1.92 bits per heavy atom. The number of hydrogen-bond donors (Lipinski definition) is 1. The van der Waals surface area contributed by atoms with Crippen molar-refractivity contribution in [3.8, 4) is 5.75 Å². The summed E-state index contributed by atoms with van der Waals surface area (Å²) in [5.74, 6) is 0.873. The van der Waals surface area contributed by atoms with Gasteiger partial charge in [0, 0.05) is 25.3 Å². The van der Waals surface area contributed by atoms with E-state index in [9.17, 15) is 4.79 Å². The van der Waals surface area contributed by atoms with E-state index in [1.807, 2.05) is 68.6 Å². The zero-order chi connectivity index (χ0) is 17.4. The van der Waals surface area contributed by atoms with E-state index in [0.717, 1.165) is 23.4 Å². The van der Waals surface area contributed by atoms with Crippen LogP contribution < -0.4 is 10.1 Å². The minimum atomic E-state index is -0.305. The number of hydrogen-bond acceptors (Lipinski definition) is 3. The summed E-state index contributed by atoms with van der Waals surface area (Å²) in [6.07, 6.45) is 0.969. The number of amides is 1. The van der Waals surface area contributed by atoms with E-state index in [4.69, 9.17) is 4.74 Å². The number of nitrogens with one attached hydrogen (secondary N) is 1. The third kappa shape index (κ3) is 5.30. The molecule has 2 rings (SSSR count). The first-order valence-corrected chi connectivity index (χ1v) is 8.38. The van der Waals surface area contributed by atoms with Crippen molar-refractivity contribution in [3.05, 3.63) is 60.2 Å². The van der Waals surface area contributed by atoms with Crippen LogP contribution in [0.15, 0.2) is 54.6 Å². The minimum Gasteiger partial charge on any atom is -0.494 e. The largest absolute Gasteiger partial charge is 0.494 e. The van der Waals surface area contributed by atoms with E-state index in [0.29, 0.717) is 13.2 Å². The smallest absolute Gasteiger partial charge is 0.244 e. The van der Waals surface area contributed by atoms with Gasteiger partial charge in [-0.25, -0.2) is 0 Å². The highest BCUT2D eigenvalue weighted by atomic mass is 16.5. The number of rotatable bonds is 8. The van der Waals surface area contributed by atoms with E-state index in [1.54, 1.807) is 4.90 Å². The first-order chi connectivity index (χ1) is 11.6. The molecule has 1 amide bonds. The van der Waals surface area contributed by atoms with E-state index in [-0.39, 0.29) is 11.9 Å². The van der Waals surface area contributed by atoms with E-state index >= 15 is 0 Å². The first kappa shape index (κ1) is 17.9. The van der Waals surface area contributed by atoms with Crippen LogP contribution in [-0.4, -0.2) is 30.5 Å². The Bertz CT molecular complexity index is 643. The fourth-order valence-corrected chi connectivity index (χ4v) is 2.47. The Hall–Kier alpha value is -2.49. The molecule has 1 atom stereocenters. The van der Waals surface area contributed by atoms with E-state index < -0.39 is 0 Å². The molecule has 4 heteroatoms. The number of likely N-dealkylation sites (N-methyl/N-ethyl adjacent to an activating group) is 1. The quantitative estimate of drug-likeness (QED) is 0.799. The van der Waals surface area contributed by atoms with Crippen LogP contribution in [0.1, 0.15) is 25.8 Å². The van der Waals surface area contributed by atoms with Gasteiger partial charge in [-0.05, 0) is 31.0 Å². The van der Waals surface area contributed by atoms with Gasteiger partial charge in [-0.2, -0.15) is 0 Å². The first-order valence-electron chi connectivity index (χ1n) is 8.38. The maximum atomic E-state index is 12.5. The second kappa shape index (κ2) is 8.96. The van der Waals surface area contributed by atoms with Gasteiger partial charge >= 0.3 is 0 Å². The van der Waals surface area contributed by atoms with Crippen LogP contribution in [0.5, 0.6) is 5.75 Å². The Morgan fingerprint density at radius 1 is 1.17 bits per heavy atom. The average Bonchev–Trinajstić information content (AvgIpc) is 2.60. The lowest BCUT2D eigenvalue weighted by atomic mass is 10.2. The Kier molecular flexibility index (Phi) is 6.67. The molecule has 0 aliphatic rings. The molecule has 0 radical (unpaired) electrons. The summed E-state index contributed by atoms with van der Waals surface area (Å²) >= 11 is 0. The molecule has 0 aliphatic carbocycles. The zero-order valence-corrected chi connectivity index (χ0v) is 14.7. The molecule has 0 saturated carbocycles. The lowest BCUT2D eigenvalue weighted by Gasteiger charge is -2.23. The molecular formula is C20H26N2O2. The lowest BCUT2D eigenvalue weighted by molar-refractivity contribution is -0.130. The highest BCUT2D eigenvalue weighted by Crippen LogP contribution is 2.18. The summed E-state index contributed by atoms with van der Waals surface area (Å²) in [5.41, 5.74) is 2.01. The molecule has 1 N–H and O–H groups in total. The van der Waals surface area contributed by atoms with Crippen molar-refractivity contribution >= 4 is 11.6 Å². The van der Waals surface area contributed by atoms with Crippen molar-refractivity contribution in [2.75, 3.05) is 19.0 Å². The van der Waals surface area contributed by atoms with Gasteiger partial charge in [0.2, 0.25) is 5.91 Å². The van der Waals surface area contributed by atoms with Crippen molar-refractivity contribution in [1.29, 1.82) is 0 Å². The molecule has 0 fully saturated rings. The van der Waals surface area contributed by atoms with Crippen LogP contribution in [0.4, 0.5) is 5.69 Å². The maximum absolute atomic E-state index is 12.5. The van der Waals surface area contributed by atoms with Gasteiger partial charge in [-0.3, -0.25) is 4.79 Å². The normalized spacial score (nSPS) is 11.6. The molecule has 1 unspecified atom stereocenters. The molecule has 2 aromatic rings. The highest BCUT2D eigenvalue weighted by molar-refractivity contribution is 5.84. The average molecular weight is 326 g/mol. The molecule has 0 aliphatic heterocycles. The molecule has 2 aromatic carbocycles. The van der Waals surface area contributed by atoms with E-state index in [1.165, 1.54) is 0 Å². The number of carbonyl (C=O) groups excluding carboxylic acids is 1. The van der Waals surface area contributed by atoms with Crippen molar-refractivity contribution < 1.29 is 9.53 Å². The van der Waals surface area contributed by atoms with E-state index in [2.05, 4.69) is 12.2 Å². The van der Waals surface area contributed by atoms with Gasteiger partial charge in [-0.1, -0.05) is 43.3 Å². The van der Waals surface area contributed by atoms with Gasteiger partial charge < -0.3 is 15.0 Å². The molecule has 0 spiro atoms. The molecule has 0 aromatic heterocycles. The van der Waals surface area contributed by atoms with Gasteiger partial charge in [0.25, 0.3) is 0 Å². The van der Waals surface area contributed by atoms with Gasteiger partial charge in [-0.15, -0.1) is 0 Å². The summed E-state index contributed by atoms with van der Waals surface area (Å²) in [4.78, 5) is 14.3. The fourth-order valence-electron chi connectivity index (χ4n) is 2.47. The molecule has 0 heterocycles. The summed E-state index contributed by atoms with van der Waals surface area (Å²) in [6.45, 7) is 5.25. The van der Waals surface area contributed by atoms with Crippen molar-refractivity contribution in [2.24, 2.45) is 0 Å². The predicted octanol–water partition coefficient (Wildman–Crippen LogP) is 3.93. The number of benzene rings is 2. The number of nitrogens with zero attached hydrogens (tertiary/aromatic N) is 1. The monoisotopic (exact) mass is 326 g/mol. The number of anilines is 1. The van der Waals surface area contributed by atoms with Gasteiger partial charge in [0.05, 0.1) is 6.61 Å². The Labute approximate surface area is 144 Å². The lowest BCUT2D eigenvalue weighted by Crippen LogP contribution is -2.38. The molecule has 24 heavy (non-hydrogen) atoms. The van der Waals surface area contributed by atoms with Crippen LogP contribution >= 0.6 is 0 Å². The summed E-state index contributed by atoms with van der Waals surface area (Å²) in [7, 11) is 1.83. The van der Waals surface area contributed by atoms with Crippen LogP contribution in [0.3, 0.4) is 0 Å². The fraction of sp³-hybridized carbons (Fsp3) is 0.350. The predicted molar refractivity (Wildman–Crippen MR) is 98.2 cm³/mol. The Morgan fingerprint density at radius 3 is 2.62 bits per heavy atom. The zero-order valence-electron chi connectivity index (χ0n) is 14.7. The standard InChI is InChI=1S/C20H26N2O2/c1-4-13-24-19-12-8-11-18(14-19)21-16(2)20(23)22(3)15-17-9-6-5-7-10-17/h5-12,14,16,21H,4,13,15H2,1-3H3. The topological polar surface area (TPSA) is 41.6 Å². The van der Waals surface area contributed by atoms with Crippen LogP contribution in [0.25, 0.3) is 0 Å². The second-order valence-corrected chi connectivity index (χ2v) is 5.92. The number of ether oxygens (including phenoxy) is 1. The van der Waals surface area contributed by atoms with Crippen LogP contribution in [-0.2, 0) is 11.3 Å². The molecule has 0 bridgehead atoms. The second-order valence-electron chi connectivity index (χ2n) is 5.92. The molecule has 0 saturated heterocycles. The SMILES string of the molecule is CCCOc1cccc(NC(C)C(=O)N(C)Cc2ccccc2)c1. The summed E-state index contributed by atoms with van der Waals surface area (Å²) < 4.78 is 5.63. The Balaban J connectivity index is 1.93. The maximum Gasteiger partial charge on any atom is 0.244 e. The van der Waals surface area contributed by atoms with Gasteiger partial charge in [0.1, 0.15) is 11.8 Å². The third-order valence-corrected chi connectivity index (χ3v) is 3.70. The van der Waals surface area contributed by atoms with Crippen molar-refractivity contribution in [2.45, 2.75) is 32.9 Å². The molecule has 128 valence electrons. The van der Waals surface area contributed by atoms with Crippen molar-refractivity contribution in [3.63, 3.8) is 0 Å². The molecular weight excluding hydrogens is 300 g/mol. The third-order valence-electron chi connectivity index (χ3n) is 3.70. The summed E-state index contributed by atoms with van der Waals surface area (Å²) in [5, 5.41) is 3.25. The van der Waals surface area contributed by atoms with Gasteiger partial charge in [0.15, 0.2) is 0 Å². The van der Waals surface area contributed by atoms with Crippen LogP contribution in [0.2, 0.25) is 0 Å².